The van der Waals surface area contributed by atoms with E-state index in [9.17, 15) is 4.79 Å². The average Bonchev–Trinajstić information content (AvgIpc) is 2.12. The van der Waals surface area contributed by atoms with E-state index in [0.717, 1.165) is 6.42 Å². The van der Waals surface area contributed by atoms with E-state index in [-0.39, 0.29) is 12.3 Å². The monoisotopic (exact) mass is 144 g/mol. The lowest BCUT2D eigenvalue weighted by Crippen LogP contribution is -2.43. The average molecular weight is 144 g/mol. The largest absolute Gasteiger partial charge is 0.379 e. The molecule has 10 heavy (non-hydrogen) atoms. The first-order valence-electron chi connectivity index (χ1n) is 3.27. The Morgan fingerprint density at radius 3 is 2.80 bits per heavy atom. The van der Waals surface area contributed by atoms with Gasteiger partial charge >= 0.3 is 0 Å². The standard InChI is InChI=1S/C6H12N2O2/c7-5(9)3-6(8)1-2-10-4-6/h1-4,8H2,(H2,7,9)/t6-/m1/s1. The van der Waals surface area contributed by atoms with Crippen LogP contribution in [0.5, 0.6) is 0 Å². The van der Waals surface area contributed by atoms with Crippen LogP contribution in [0.3, 0.4) is 0 Å². The van der Waals surface area contributed by atoms with E-state index < -0.39 is 5.54 Å². The van der Waals surface area contributed by atoms with Gasteiger partial charge in [0.1, 0.15) is 0 Å². The van der Waals surface area contributed by atoms with Crippen LogP contribution in [0.1, 0.15) is 12.8 Å². The number of ether oxygens (including phenoxy) is 1. The molecule has 58 valence electrons. The molecule has 1 heterocycles. The van der Waals surface area contributed by atoms with Crippen LogP contribution >= 0.6 is 0 Å². The summed E-state index contributed by atoms with van der Waals surface area (Å²) in [7, 11) is 0. The fourth-order valence-electron chi connectivity index (χ4n) is 1.11. The summed E-state index contributed by atoms with van der Waals surface area (Å²) in [5.41, 5.74) is 10.2. The number of carbonyl (C=O) groups excluding carboxylic acids is 1. The van der Waals surface area contributed by atoms with Crippen molar-refractivity contribution in [3.8, 4) is 0 Å². The van der Waals surface area contributed by atoms with Gasteiger partial charge in [0, 0.05) is 13.0 Å². The molecule has 1 amide bonds. The number of hydrogen-bond donors (Lipinski definition) is 2. The Kier molecular flexibility index (Phi) is 1.92. The Hall–Kier alpha value is -0.610. The topological polar surface area (TPSA) is 78.3 Å². The van der Waals surface area contributed by atoms with Crippen LogP contribution in [-0.2, 0) is 9.53 Å². The first-order chi connectivity index (χ1) is 4.62. The number of primary amides is 1. The van der Waals surface area contributed by atoms with Crippen LogP contribution < -0.4 is 11.5 Å². The quantitative estimate of drug-likeness (QED) is 0.520. The van der Waals surface area contributed by atoms with Crippen LogP contribution in [0.15, 0.2) is 0 Å². The summed E-state index contributed by atoms with van der Waals surface area (Å²) in [5, 5.41) is 0. The molecule has 0 spiro atoms. The lowest BCUT2D eigenvalue weighted by Gasteiger charge is -2.18. The van der Waals surface area contributed by atoms with E-state index in [1.165, 1.54) is 0 Å². The predicted molar refractivity (Wildman–Crippen MR) is 36.2 cm³/mol. The highest BCUT2D eigenvalue weighted by Gasteiger charge is 2.31. The van der Waals surface area contributed by atoms with Crippen molar-refractivity contribution in [1.82, 2.24) is 0 Å². The highest BCUT2D eigenvalue weighted by molar-refractivity contribution is 5.75. The molecule has 4 N–H and O–H groups in total. The molecule has 4 nitrogen and oxygen atoms in total. The van der Waals surface area contributed by atoms with Gasteiger partial charge in [0.2, 0.25) is 5.91 Å². The molecular formula is C6H12N2O2. The van der Waals surface area contributed by atoms with Gasteiger partial charge in [0.05, 0.1) is 12.1 Å². The van der Waals surface area contributed by atoms with Crippen LogP contribution in [0.4, 0.5) is 0 Å². The van der Waals surface area contributed by atoms with Gasteiger partial charge in [-0.1, -0.05) is 0 Å². The minimum absolute atomic E-state index is 0.229. The van der Waals surface area contributed by atoms with Gasteiger partial charge in [-0.25, -0.2) is 0 Å². The summed E-state index contributed by atoms with van der Waals surface area (Å²) in [6.07, 6.45) is 0.961. The van der Waals surface area contributed by atoms with E-state index in [0.29, 0.717) is 13.2 Å². The second-order valence-electron chi connectivity index (χ2n) is 2.81. The molecule has 0 aromatic rings. The molecular weight excluding hydrogens is 132 g/mol. The van der Waals surface area contributed by atoms with Crippen molar-refractivity contribution < 1.29 is 9.53 Å². The maximum atomic E-state index is 10.4. The Bertz CT molecular complexity index is 141. The molecule has 0 aromatic carbocycles. The van der Waals surface area contributed by atoms with E-state index in [4.69, 9.17) is 16.2 Å². The second kappa shape index (κ2) is 2.56. The fourth-order valence-corrected chi connectivity index (χ4v) is 1.11. The molecule has 0 saturated carbocycles. The van der Waals surface area contributed by atoms with Crippen molar-refractivity contribution in [3.05, 3.63) is 0 Å². The van der Waals surface area contributed by atoms with Crippen molar-refractivity contribution in [2.24, 2.45) is 11.5 Å². The van der Waals surface area contributed by atoms with Gasteiger partial charge in [-0.15, -0.1) is 0 Å². The van der Waals surface area contributed by atoms with Crippen molar-refractivity contribution in [2.45, 2.75) is 18.4 Å². The SMILES string of the molecule is NC(=O)C[C@]1(N)CCOC1. The molecule has 1 rings (SSSR count). The third-order valence-electron chi connectivity index (χ3n) is 1.66. The molecule has 0 aliphatic carbocycles. The Labute approximate surface area is 59.5 Å². The molecule has 1 aliphatic heterocycles. The zero-order valence-electron chi connectivity index (χ0n) is 5.80. The van der Waals surface area contributed by atoms with Gasteiger partial charge in [0.15, 0.2) is 0 Å². The number of carbonyl (C=O) groups is 1. The summed E-state index contributed by atoms with van der Waals surface area (Å²) < 4.78 is 5.03. The summed E-state index contributed by atoms with van der Waals surface area (Å²) >= 11 is 0. The molecule has 1 fully saturated rings. The zero-order valence-corrected chi connectivity index (χ0v) is 5.80. The molecule has 0 radical (unpaired) electrons. The summed E-state index contributed by atoms with van der Waals surface area (Å²) in [6.45, 7) is 1.10. The fraction of sp³-hybridized carbons (Fsp3) is 0.833. The maximum Gasteiger partial charge on any atom is 0.219 e. The number of nitrogens with two attached hydrogens (primary N) is 2. The third kappa shape index (κ3) is 1.68. The zero-order chi connectivity index (χ0) is 7.61. The highest BCUT2D eigenvalue weighted by atomic mass is 16.5. The summed E-state index contributed by atoms with van der Waals surface area (Å²) in [4.78, 5) is 10.4. The number of hydrogen-bond acceptors (Lipinski definition) is 3. The normalized spacial score (nSPS) is 32.5. The Morgan fingerprint density at radius 1 is 1.70 bits per heavy atom. The predicted octanol–water partition coefficient (Wildman–Crippen LogP) is -1.02. The third-order valence-corrected chi connectivity index (χ3v) is 1.66. The van der Waals surface area contributed by atoms with E-state index >= 15 is 0 Å². The summed E-state index contributed by atoms with van der Waals surface area (Å²) in [5.74, 6) is -0.354. The van der Waals surface area contributed by atoms with Crippen LogP contribution in [0, 0.1) is 0 Å². The van der Waals surface area contributed by atoms with Crippen molar-refractivity contribution in [2.75, 3.05) is 13.2 Å². The van der Waals surface area contributed by atoms with Gasteiger partial charge in [-0.3, -0.25) is 4.79 Å². The molecule has 4 heteroatoms. The highest BCUT2D eigenvalue weighted by Crippen LogP contribution is 2.18. The second-order valence-corrected chi connectivity index (χ2v) is 2.81. The lowest BCUT2D eigenvalue weighted by atomic mass is 9.96. The smallest absolute Gasteiger partial charge is 0.219 e. The molecule has 1 saturated heterocycles. The van der Waals surface area contributed by atoms with Gasteiger partial charge < -0.3 is 16.2 Å². The van der Waals surface area contributed by atoms with E-state index in [2.05, 4.69) is 0 Å². The van der Waals surface area contributed by atoms with E-state index in [1.807, 2.05) is 0 Å². The van der Waals surface area contributed by atoms with Crippen molar-refractivity contribution >= 4 is 5.91 Å². The Balaban J connectivity index is 2.43. The van der Waals surface area contributed by atoms with Gasteiger partial charge in [0.25, 0.3) is 0 Å². The molecule has 1 atom stereocenters. The number of amides is 1. The molecule has 0 aromatic heterocycles. The van der Waals surface area contributed by atoms with Crippen LogP contribution in [-0.4, -0.2) is 24.7 Å². The lowest BCUT2D eigenvalue weighted by molar-refractivity contribution is -0.119. The van der Waals surface area contributed by atoms with Crippen molar-refractivity contribution in [1.29, 1.82) is 0 Å². The maximum absolute atomic E-state index is 10.4. The van der Waals surface area contributed by atoms with Crippen LogP contribution in [0.25, 0.3) is 0 Å². The number of rotatable bonds is 2. The minimum atomic E-state index is -0.480. The van der Waals surface area contributed by atoms with Crippen LogP contribution in [0.2, 0.25) is 0 Å². The molecule has 0 bridgehead atoms. The van der Waals surface area contributed by atoms with Gasteiger partial charge in [-0.2, -0.15) is 0 Å². The first kappa shape index (κ1) is 7.50. The molecule has 1 aliphatic rings. The molecule has 0 unspecified atom stereocenters. The van der Waals surface area contributed by atoms with E-state index in [1.54, 1.807) is 0 Å². The Morgan fingerprint density at radius 2 is 2.40 bits per heavy atom. The van der Waals surface area contributed by atoms with Gasteiger partial charge in [-0.05, 0) is 6.42 Å². The summed E-state index contributed by atoms with van der Waals surface area (Å²) in [6, 6.07) is 0. The minimum Gasteiger partial charge on any atom is -0.379 e. The van der Waals surface area contributed by atoms with Crippen molar-refractivity contribution in [3.63, 3.8) is 0 Å². The first-order valence-corrected chi connectivity index (χ1v) is 3.27.